The van der Waals surface area contributed by atoms with Crippen molar-refractivity contribution in [1.82, 2.24) is 9.88 Å². The van der Waals surface area contributed by atoms with Crippen molar-refractivity contribution in [2.24, 2.45) is 0 Å². The number of aromatic nitrogens is 1. The lowest BCUT2D eigenvalue weighted by Gasteiger charge is -2.04. The van der Waals surface area contributed by atoms with Crippen molar-refractivity contribution in [2.75, 3.05) is 14.1 Å². The molecule has 0 amide bonds. The predicted molar refractivity (Wildman–Crippen MR) is 51.2 cm³/mol. The van der Waals surface area contributed by atoms with E-state index in [0.29, 0.717) is 6.54 Å². The average molecular weight is 200 g/mol. The number of carboxylic acids is 1. The summed E-state index contributed by atoms with van der Waals surface area (Å²) >= 11 is 1.44. The summed E-state index contributed by atoms with van der Waals surface area (Å²) in [5.41, 5.74) is 0.182. The van der Waals surface area contributed by atoms with Crippen LogP contribution in [-0.2, 0) is 6.54 Å². The van der Waals surface area contributed by atoms with E-state index in [1.807, 2.05) is 19.0 Å². The SMILES string of the molecule is Cc1sc(CN(C)C)nc1C(=O)O. The molecular formula is C8H12N2O2S. The zero-order valence-corrected chi connectivity index (χ0v) is 8.68. The summed E-state index contributed by atoms with van der Waals surface area (Å²) < 4.78 is 0. The first kappa shape index (κ1) is 10.1. The first-order chi connectivity index (χ1) is 6.00. The molecule has 0 bridgehead atoms. The van der Waals surface area contributed by atoms with Crippen LogP contribution in [0.5, 0.6) is 0 Å². The first-order valence-electron chi connectivity index (χ1n) is 3.85. The van der Waals surface area contributed by atoms with Crippen molar-refractivity contribution in [3.8, 4) is 0 Å². The van der Waals surface area contributed by atoms with Crippen LogP contribution in [0.15, 0.2) is 0 Å². The molecule has 0 fully saturated rings. The van der Waals surface area contributed by atoms with E-state index >= 15 is 0 Å². The van der Waals surface area contributed by atoms with Crippen LogP contribution in [0, 0.1) is 6.92 Å². The van der Waals surface area contributed by atoms with Crippen molar-refractivity contribution < 1.29 is 9.90 Å². The zero-order chi connectivity index (χ0) is 10.0. The third-order valence-corrected chi connectivity index (χ3v) is 2.45. The summed E-state index contributed by atoms with van der Waals surface area (Å²) in [5, 5.41) is 9.59. The molecule has 0 unspecified atom stereocenters. The summed E-state index contributed by atoms with van der Waals surface area (Å²) in [4.78, 5) is 17.4. The summed E-state index contributed by atoms with van der Waals surface area (Å²) in [6.45, 7) is 2.47. The molecule has 0 saturated carbocycles. The molecule has 0 atom stereocenters. The lowest BCUT2D eigenvalue weighted by Crippen LogP contribution is -2.10. The summed E-state index contributed by atoms with van der Waals surface area (Å²) in [6.07, 6.45) is 0. The molecule has 0 aliphatic rings. The van der Waals surface area contributed by atoms with Crippen LogP contribution >= 0.6 is 11.3 Å². The molecule has 0 radical (unpaired) electrons. The molecule has 5 heteroatoms. The normalized spacial score (nSPS) is 10.8. The van der Waals surface area contributed by atoms with Gasteiger partial charge in [0.25, 0.3) is 0 Å². The van der Waals surface area contributed by atoms with Gasteiger partial charge in [-0.1, -0.05) is 0 Å². The number of nitrogens with zero attached hydrogens (tertiary/aromatic N) is 2. The Bertz CT molecular complexity index is 320. The first-order valence-corrected chi connectivity index (χ1v) is 4.66. The average Bonchev–Trinajstić information content (AvgIpc) is 2.29. The number of carboxylic acid groups (broad SMARTS) is 1. The molecule has 1 heterocycles. The Balaban J connectivity index is 2.89. The third kappa shape index (κ3) is 2.50. The number of thiazole rings is 1. The van der Waals surface area contributed by atoms with Gasteiger partial charge in [-0.25, -0.2) is 9.78 Å². The quantitative estimate of drug-likeness (QED) is 0.796. The van der Waals surface area contributed by atoms with Gasteiger partial charge in [0, 0.05) is 11.4 Å². The molecule has 1 rings (SSSR count). The highest BCUT2D eigenvalue weighted by molar-refractivity contribution is 7.11. The molecule has 0 saturated heterocycles. The van der Waals surface area contributed by atoms with Crippen molar-refractivity contribution in [3.63, 3.8) is 0 Å². The van der Waals surface area contributed by atoms with Gasteiger partial charge in [0.05, 0.1) is 0 Å². The zero-order valence-electron chi connectivity index (χ0n) is 7.87. The van der Waals surface area contributed by atoms with Crippen LogP contribution < -0.4 is 0 Å². The van der Waals surface area contributed by atoms with Gasteiger partial charge < -0.3 is 10.0 Å². The van der Waals surface area contributed by atoms with E-state index in [9.17, 15) is 4.79 Å². The third-order valence-electron chi connectivity index (χ3n) is 1.49. The molecule has 4 nitrogen and oxygen atoms in total. The Morgan fingerprint density at radius 2 is 2.23 bits per heavy atom. The number of hydrogen-bond acceptors (Lipinski definition) is 4. The second-order valence-electron chi connectivity index (χ2n) is 3.06. The molecular weight excluding hydrogens is 188 g/mol. The van der Waals surface area contributed by atoms with Gasteiger partial charge in [-0.2, -0.15) is 0 Å². The number of aromatic carboxylic acids is 1. The van der Waals surface area contributed by atoms with Crippen molar-refractivity contribution in [2.45, 2.75) is 13.5 Å². The highest BCUT2D eigenvalue weighted by Gasteiger charge is 2.13. The standard InChI is InChI=1S/C8H12N2O2S/c1-5-7(8(11)12)9-6(13-5)4-10(2)3/h4H2,1-3H3,(H,11,12). The monoisotopic (exact) mass is 200 g/mol. The van der Waals surface area contributed by atoms with Gasteiger partial charge in [0.1, 0.15) is 5.01 Å². The molecule has 1 aromatic heterocycles. The smallest absolute Gasteiger partial charge is 0.355 e. The van der Waals surface area contributed by atoms with Crippen LogP contribution in [0.4, 0.5) is 0 Å². The topological polar surface area (TPSA) is 53.4 Å². The van der Waals surface area contributed by atoms with Gasteiger partial charge in [-0.3, -0.25) is 0 Å². The Kier molecular flexibility index (Phi) is 3.00. The van der Waals surface area contributed by atoms with E-state index in [2.05, 4.69) is 4.98 Å². The van der Waals surface area contributed by atoms with Gasteiger partial charge in [-0.05, 0) is 21.0 Å². The molecule has 13 heavy (non-hydrogen) atoms. The largest absolute Gasteiger partial charge is 0.476 e. The van der Waals surface area contributed by atoms with E-state index in [-0.39, 0.29) is 5.69 Å². The minimum atomic E-state index is -0.946. The molecule has 1 aromatic rings. The summed E-state index contributed by atoms with van der Waals surface area (Å²) in [5.74, 6) is -0.946. The second-order valence-corrected chi connectivity index (χ2v) is 4.34. The van der Waals surface area contributed by atoms with Crippen molar-refractivity contribution >= 4 is 17.3 Å². The fourth-order valence-corrected chi connectivity index (χ4v) is 2.03. The van der Waals surface area contributed by atoms with Crippen LogP contribution in [0.2, 0.25) is 0 Å². The van der Waals surface area contributed by atoms with Crippen LogP contribution in [0.3, 0.4) is 0 Å². The number of hydrogen-bond donors (Lipinski definition) is 1. The van der Waals surface area contributed by atoms with E-state index in [0.717, 1.165) is 9.88 Å². The summed E-state index contributed by atoms with van der Waals surface area (Å²) in [6, 6.07) is 0. The van der Waals surface area contributed by atoms with Crippen LogP contribution in [-0.4, -0.2) is 35.1 Å². The predicted octanol–water partition coefficient (Wildman–Crippen LogP) is 1.21. The van der Waals surface area contributed by atoms with Gasteiger partial charge in [0.15, 0.2) is 5.69 Å². The maximum absolute atomic E-state index is 10.7. The molecule has 72 valence electrons. The molecule has 0 spiro atoms. The fourth-order valence-electron chi connectivity index (χ4n) is 0.988. The minimum absolute atomic E-state index is 0.182. The van der Waals surface area contributed by atoms with E-state index in [1.54, 1.807) is 6.92 Å². The number of aryl methyl sites for hydroxylation is 1. The van der Waals surface area contributed by atoms with Crippen LogP contribution in [0.1, 0.15) is 20.4 Å². The number of rotatable bonds is 3. The lowest BCUT2D eigenvalue weighted by atomic mass is 10.4. The van der Waals surface area contributed by atoms with Gasteiger partial charge in [-0.15, -0.1) is 11.3 Å². The molecule has 0 aliphatic carbocycles. The van der Waals surface area contributed by atoms with E-state index in [4.69, 9.17) is 5.11 Å². The maximum atomic E-state index is 10.7. The molecule has 0 aliphatic heterocycles. The van der Waals surface area contributed by atoms with Gasteiger partial charge in [0.2, 0.25) is 0 Å². The van der Waals surface area contributed by atoms with Crippen molar-refractivity contribution in [3.05, 3.63) is 15.6 Å². The minimum Gasteiger partial charge on any atom is -0.476 e. The van der Waals surface area contributed by atoms with Crippen molar-refractivity contribution in [1.29, 1.82) is 0 Å². The van der Waals surface area contributed by atoms with Gasteiger partial charge >= 0.3 is 5.97 Å². The van der Waals surface area contributed by atoms with Crippen LogP contribution in [0.25, 0.3) is 0 Å². The number of carbonyl (C=O) groups is 1. The Morgan fingerprint density at radius 3 is 2.62 bits per heavy atom. The highest BCUT2D eigenvalue weighted by Crippen LogP contribution is 2.18. The Hall–Kier alpha value is -0.940. The fraction of sp³-hybridized carbons (Fsp3) is 0.500. The lowest BCUT2D eigenvalue weighted by molar-refractivity contribution is 0.0690. The summed E-state index contributed by atoms with van der Waals surface area (Å²) in [7, 11) is 3.86. The second kappa shape index (κ2) is 3.85. The highest BCUT2D eigenvalue weighted by atomic mass is 32.1. The van der Waals surface area contributed by atoms with E-state index in [1.165, 1.54) is 11.3 Å². The Morgan fingerprint density at radius 1 is 1.62 bits per heavy atom. The maximum Gasteiger partial charge on any atom is 0.355 e. The van der Waals surface area contributed by atoms with E-state index < -0.39 is 5.97 Å². The molecule has 0 aromatic carbocycles. The Labute approximate surface area is 80.8 Å². The molecule has 1 N–H and O–H groups in total.